The minimum Gasteiger partial charge on any atom is -0.329 e. The highest BCUT2D eigenvalue weighted by Gasteiger charge is 2.16. The average molecular weight is 162 g/mol. The van der Waals surface area contributed by atoms with Gasteiger partial charge in [0.2, 0.25) is 0 Å². The maximum absolute atomic E-state index is 8.75. The molecular formula is C8H10N4. The lowest BCUT2D eigenvalue weighted by atomic mass is 10.3. The number of hydrogen-bond donors (Lipinski definition) is 1. The molecule has 0 aromatic carbocycles. The topological polar surface area (TPSA) is 53.6 Å². The molecule has 0 atom stereocenters. The smallest absolute Gasteiger partial charge is 0.163 e. The van der Waals surface area contributed by atoms with Crippen molar-refractivity contribution in [3.8, 4) is 6.07 Å². The molecule has 0 aliphatic carbocycles. The van der Waals surface area contributed by atoms with Crippen LogP contribution in [0.15, 0.2) is 0 Å². The number of fused-ring (bicyclic) bond motifs is 1. The summed E-state index contributed by atoms with van der Waals surface area (Å²) in [7, 11) is 0. The number of rotatable bonds is 0. The second kappa shape index (κ2) is 2.61. The Hall–Kier alpha value is -1.34. The molecule has 0 amide bonds. The molecule has 0 radical (unpaired) electrons. The third-order valence-electron chi connectivity index (χ3n) is 2.17. The van der Waals surface area contributed by atoms with Gasteiger partial charge < -0.3 is 9.88 Å². The molecular weight excluding hydrogens is 152 g/mol. The molecule has 1 aliphatic heterocycles. The third-order valence-corrected chi connectivity index (χ3v) is 2.17. The number of nitriles is 1. The summed E-state index contributed by atoms with van der Waals surface area (Å²) in [5.74, 6) is 0.947. The maximum atomic E-state index is 8.75. The first-order valence-electron chi connectivity index (χ1n) is 3.99. The van der Waals surface area contributed by atoms with Gasteiger partial charge in [-0.3, -0.25) is 0 Å². The van der Waals surface area contributed by atoms with Gasteiger partial charge in [0.25, 0.3) is 0 Å². The van der Waals surface area contributed by atoms with Crippen LogP contribution in [-0.4, -0.2) is 16.1 Å². The Balaban J connectivity index is 2.56. The summed E-state index contributed by atoms with van der Waals surface area (Å²) >= 11 is 0. The lowest BCUT2D eigenvalue weighted by molar-refractivity contribution is 0.507. The molecule has 1 aromatic heterocycles. The quantitative estimate of drug-likeness (QED) is 0.591. The van der Waals surface area contributed by atoms with Crippen LogP contribution in [0, 0.1) is 18.3 Å². The molecule has 0 saturated heterocycles. The highest BCUT2D eigenvalue weighted by molar-refractivity contribution is 5.29. The largest absolute Gasteiger partial charge is 0.329 e. The first-order valence-corrected chi connectivity index (χ1v) is 3.99. The van der Waals surface area contributed by atoms with Gasteiger partial charge in [0, 0.05) is 19.6 Å². The van der Waals surface area contributed by atoms with Gasteiger partial charge in [-0.2, -0.15) is 5.26 Å². The SMILES string of the molecule is Cc1nc(C#N)c2n1CCNC2. The van der Waals surface area contributed by atoms with Gasteiger partial charge >= 0.3 is 0 Å². The van der Waals surface area contributed by atoms with Gasteiger partial charge in [-0.25, -0.2) is 4.98 Å². The fraction of sp³-hybridized carbons (Fsp3) is 0.500. The van der Waals surface area contributed by atoms with E-state index in [2.05, 4.69) is 20.9 Å². The molecule has 1 N–H and O–H groups in total. The lowest BCUT2D eigenvalue weighted by Gasteiger charge is -2.16. The molecule has 4 nitrogen and oxygen atoms in total. The fourth-order valence-corrected chi connectivity index (χ4v) is 1.57. The summed E-state index contributed by atoms with van der Waals surface area (Å²) in [6.07, 6.45) is 0. The zero-order valence-corrected chi connectivity index (χ0v) is 6.96. The van der Waals surface area contributed by atoms with Crippen molar-refractivity contribution in [3.63, 3.8) is 0 Å². The molecule has 12 heavy (non-hydrogen) atoms. The van der Waals surface area contributed by atoms with Crippen LogP contribution < -0.4 is 5.32 Å². The molecule has 0 saturated carbocycles. The van der Waals surface area contributed by atoms with Crippen molar-refractivity contribution < 1.29 is 0 Å². The zero-order chi connectivity index (χ0) is 8.55. The van der Waals surface area contributed by atoms with Crippen molar-refractivity contribution in [1.82, 2.24) is 14.9 Å². The van der Waals surface area contributed by atoms with E-state index < -0.39 is 0 Å². The number of aromatic nitrogens is 2. The number of aryl methyl sites for hydroxylation is 1. The predicted molar refractivity (Wildman–Crippen MR) is 43.4 cm³/mol. The van der Waals surface area contributed by atoms with Crippen molar-refractivity contribution in [2.45, 2.75) is 20.0 Å². The number of nitrogens with zero attached hydrogens (tertiary/aromatic N) is 3. The number of imidazole rings is 1. The molecule has 0 fully saturated rings. The number of nitrogens with one attached hydrogen (secondary N) is 1. The molecule has 62 valence electrons. The van der Waals surface area contributed by atoms with Gasteiger partial charge in [-0.15, -0.1) is 0 Å². The van der Waals surface area contributed by atoms with Gasteiger partial charge in [0.15, 0.2) is 5.69 Å². The molecule has 1 aliphatic rings. The lowest BCUT2D eigenvalue weighted by Crippen LogP contribution is -2.28. The first-order chi connectivity index (χ1) is 5.83. The van der Waals surface area contributed by atoms with Crippen LogP contribution in [0.1, 0.15) is 17.2 Å². The van der Waals surface area contributed by atoms with Gasteiger partial charge in [0.05, 0.1) is 5.69 Å². The summed E-state index contributed by atoms with van der Waals surface area (Å²) in [6, 6.07) is 2.10. The number of hydrogen-bond acceptors (Lipinski definition) is 3. The van der Waals surface area contributed by atoms with Crippen LogP contribution in [0.2, 0.25) is 0 Å². The standard InChI is InChI=1S/C8H10N4/c1-6-11-7(4-9)8-5-10-2-3-12(6)8/h10H,2-3,5H2,1H3. The Morgan fingerprint density at radius 3 is 3.25 bits per heavy atom. The minimum absolute atomic E-state index is 0.569. The Labute approximate surface area is 70.8 Å². The second-order valence-electron chi connectivity index (χ2n) is 2.89. The summed E-state index contributed by atoms with van der Waals surface area (Å²) < 4.78 is 2.11. The molecule has 2 heterocycles. The van der Waals surface area contributed by atoms with E-state index in [1.807, 2.05) is 6.92 Å². The van der Waals surface area contributed by atoms with Crippen molar-refractivity contribution in [1.29, 1.82) is 5.26 Å². The molecule has 4 heteroatoms. The van der Waals surface area contributed by atoms with Crippen LogP contribution in [0.25, 0.3) is 0 Å². The molecule has 0 bridgehead atoms. The van der Waals surface area contributed by atoms with Gasteiger partial charge in [-0.1, -0.05) is 0 Å². The van der Waals surface area contributed by atoms with Crippen molar-refractivity contribution in [3.05, 3.63) is 17.2 Å². The van der Waals surface area contributed by atoms with E-state index >= 15 is 0 Å². The Morgan fingerprint density at radius 2 is 2.50 bits per heavy atom. The van der Waals surface area contributed by atoms with Crippen LogP contribution in [0.4, 0.5) is 0 Å². The van der Waals surface area contributed by atoms with Gasteiger partial charge in [0.1, 0.15) is 11.9 Å². The average Bonchev–Trinajstić information content (AvgIpc) is 2.44. The summed E-state index contributed by atoms with van der Waals surface area (Å²) in [6.45, 7) is 4.60. The van der Waals surface area contributed by atoms with E-state index in [0.717, 1.165) is 31.2 Å². The Morgan fingerprint density at radius 1 is 1.67 bits per heavy atom. The van der Waals surface area contributed by atoms with E-state index in [9.17, 15) is 0 Å². The fourth-order valence-electron chi connectivity index (χ4n) is 1.57. The first kappa shape index (κ1) is 7.32. The van der Waals surface area contributed by atoms with Crippen molar-refractivity contribution in [2.24, 2.45) is 0 Å². The van der Waals surface area contributed by atoms with E-state index in [1.54, 1.807) is 0 Å². The van der Waals surface area contributed by atoms with E-state index in [0.29, 0.717) is 5.69 Å². The Kier molecular flexibility index (Phi) is 1.59. The van der Waals surface area contributed by atoms with Crippen LogP contribution in [0.3, 0.4) is 0 Å². The van der Waals surface area contributed by atoms with Crippen LogP contribution in [0.5, 0.6) is 0 Å². The molecule has 0 unspecified atom stereocenters. The second-order valence-corrected chi connectivity index (χ2v) is 2.89. The predicted octanol–water partition coefficient (Wildman–Crippen LogP) is 0.166. The highest BCUT2D eigenvalue weighted by atomic mass is 15.1. The molecule has 0 spiro atoms. The summed E-state index contributed by atoms with van der Waals surface area (Å²) in [4.78, 5) is 4.17. The van der Waals surface area contributed by atoms with Crippen molar-refractivity contribution in [2.75, 3.05) is 6.54 Å². The van der Waals surface area contributed by atoms with E-state index in [-0.39, 0.29) is 0 Å². The van der Waals surface area contributed by atoms with Crippen molar-refractivity contribution >= 4 is 0 Å². The molecule has 1 aromatic rings. The van der Waals surface area contributed by atoms with Gasteiger partial charge in [-0.05, 0) is 6.92 Å². The van der Waals surface area contributed by atoms with Crippen LogP contribution in [-0.2, 0) is 13.1 Å². The van der Waals surface area contributed by atoms with E-state index in [4.69, 9.17) is 5.26 Å². The third kappa shape index (κ3) is 0.908. The maximum Gasteiger partial charge on any atom is 0.163 e. The minimum atomic E-state index is 0.569. The highest BCUT2D eigenvalue weighted by Crippen LogP contribution is 2.12. The zero-order valence-electron chi connectivity index (χ0n) is 6.96. The Bertz CT molecular complexity index is 345. The summed E-state index contributed by atoms with van der Waals surface area (Å²) in [5.41, 5.74) is 1.60. The molecule has 2 rings (SSSR count). The summed E-state index contributed by atoms with van der Waals surface area (Å²) in [5, 5.41) is 12.0. The van der Waals surface area contributed by atoms with E-state index in [1.165, 1.54) is 0 Å². The van der Waals surface area contributed by atoms with Crippen LogP contribution >= 0.6 is 0 Å². The normalized spacial score (nSPS) is 15.3. The monoisotopic (exact) mass is 162 g/mol.